The van der Waals surface area contributed by atoms with E-state index in [0.717, 1.165) is 13.0 Å². The van der Waals surface area contributed by atoms with Gasteiger partial charge in [-0.25, -0.2) is 0 Å². The largest absolute Gasteiger partial charge is 0.465 e. The molecule has 1 aliphatic heterocycles. The van der Waals surface area contributed by atoms with Gasteiger partial charge in [0.2, 0.25) is 0 Å². The molecule has 0 aliphatic carbocycles. The van der Waals surface area contributed by atoms with Crippen molar-refractivity contribution in [2.24, 2.45) is 0 Å². The fourth-order valence-corrected chi connectivity index (χ4v) is 2.00. The van der Waals surface area contributed by atoms with E-state index in [1.807, 2.05) is 13.8 Å². The Morgan fingerprint density at radius 1 is 1.67 bits per heavy atom. The van der Waals surface area contributed by atoms with Crippen LogP contribution in [0.3, 0.4) is 0 Å². The molecule has 1 heterocycles. The van der Waals surface area contributed by atoms with Crippen LogP contribution in [0.1, 0.15) is 27.2 Å². The number of nitrogens with one attached hydrogen (secondary N) is 1. The zero-order valence-electron chi connectivity index (χ0n) is 10.1. The summed E-state index contributed by atoms with van der Waals surface area (Å²) in [5.74, 6) is -0.153. The van der Waals surface area contributed by atoms with Gasteiger partial charge in [0.25, 0.3) is 0 Å². The average molecular weight is 214 g/mol. The Hall–Kier alpha value is -0.610. The summed E-state index contributed by atoms with van der Waals surface area (Å²) in [5.41, 5.74) is 0. The van der Waals surface area contributed by atoms with Crippen molar-refractivity contribution < 1.29 is 9.53 Å². The van der Waals surface area contributed by atoms with Gasteiger partial charge in [-0.05, 0) is 34.2 Å². The van der Waals surface area contributed by atoms with Crippen molar-refractivity contribution in [3.63, 3.8) is 0 Å². The Kier molecular flexibility index (Phi) is 4.54. The van der Waals surface area contributed by atoms with E-state index in [4.69, 9.17) is 4.74 Å². The molecule has 1 saturated heterocycles. The molecule has 1 fully saturated rings. The van der Waals surface area contributed by atoms with Crippen LogP contribution >= 0.6 is 0 Å². The number of carbonyl (C=O) groups is 1. The maximum absolute atomic E-state index is 11.4. The number of nitrogens with zero attached hydrogens (tertiary/aromatic N) is 1. The fraction of sp³-hybridized carbons (Fsp3) is 0.909. The van der Waals surface area contributed by atoms with E-state index in [0.29, 0.717) is 18.7 Å². The highest BCUT2D eigenvalue weighted by molar-refractivity contribution is 5.75. The van der Waals surface area contributed by atoms with Crippen molar-refractivity contribution in [3.8, 4) is 0 Å². The Labute approximate surface area is 92.0 Å². The predicted molar refractivity (Wildman–Crippen MR) is 59.7 cm³/mol. The maximum atomic E-state index is 11.4. The van der Waals surface area contributed by atoms with Crippen LogP contribution in [0.4, 0.5) is 0 Å². The topological polar surface area (TPSA) is 41.6 Å². The Balaban J connectivity index is 2.33. The number of likely N-dealkylation sites (tertiary alicyclic amines) is 1. The molecule has 15 heavy (non-hydrogen) atoms. The molecule has 0 amide bonds. The van der Waals surface area contributed by atoms with Crippen LogP contribution in [-0.4, -0.2) is 49.2 Å². The number of esters is 1. The molecule has 1 N–H and O–H groups in total. The molecule has 0 aromatic heterocycles. The second-order valence-corrected chi connectivity index (χ2v) is 4.36. The number of ether oxygens (including phenoxy) is 1. The normalized spacial score (nSPS) is 29.1. The minimum Gasteiger partial charge on any atom is -0.465 e. The third-order valence-corrected chi connectivity index (χ3v) is 3.01. The number of rotatable bonds is 4. The van der Waals surface area contributed by atoms with Gasteiger partial charge in [0.15, 0.2) is 0 Å². The lowest BCUT2D eigenvalue weighted by Crippen LogP contribution is -2.43. The van der Waals surface area contributed by atoms with Crippen molar-refractivity contribution in [3.05, 3.63) is 0 Å². The van der Waals surface area contributed by atoms with E-state index in [9.17, 15) is 4.79 Å². The first-order valence-electron chi connectivity index (χ1n) is 5.67. The lowest BCUT2D eigenvalue weighted by molar-refractivity contribution is -0.145. The van der Waals surface area contributed by atoms with Gasteiger partial charge in [-0.1, -0.05) is 0 Å². The number of likely N-dealkylation sites (N-methyl/N-ethyl adjacent to an activating group) is 1. The first kappa shape index (κ1) is 12.5. The summed E-state index contributed by atoms with van der Waals surface area (Å²) in [6.07, 6.45) is 1.10. The molecule has 3 unspecified atom stereocenters. The molecule has 1 rings (SSSR count). The zero-order valence-corrected chi connectivity index (χ0v) is 10.1. The molecular weight excluding hydrogens is 192 g/mol. The van der Waals surface area contributed by atoms with Crippen LogP contribution in [-0.2, 0) is 9.53 Å². The Morgan fingerprint density at radius 3 is 2.80 bits per heavy atom. The molecule has 3 atom stereocenters. The molecule has 4 heteroatoms. The fourth-order valence-electron chi connectivity index (χ4n) is 2.00. The summed E-state index contributed by atoms with van der Waals surface area (Å²) in [7, 11) is 2.11. The molecule has 0 aromatic rings. The van der Waals surface area contributed by atoms with E-state index in [-0.39, 0.29) is 12.0 Å². The minimum atomic E-state index is -0.200. The van der Waals surface area contributed by atoms with Gasteiger partial charge in [0, 0.05) is 18.6 Å². The summed E-state index contributed by atoms with van der Waals surface area (Å²) in [5, 5.41) is 3.31. The third kappa shape index (κ3) is 3.47. The number of hydrogen-bond acceptors (Lipinski definition) is 4. The Morgan fingerprint density at radius 2 is 2.33 bits per heavy atom. The van der Waals surface area contributed by atoms with Crippen molar-refractivity contribution in [1.29, 1.82) is 0 Å². The molecule has 0 saturated carbocycles. The van der Waals surface area contributed by atoms with Gasteiger partial charge >= 0.3 is 5.97 Å². The van der Waals surface area contributed by atoms with E-state index in [1.165, 1.54) is 0 Å². The summed E-state index contributed by atoms with van der Waals surface area (Å²) < 4.78 is 4.95. The van der Waals surface area contributed by atoms with Crippen molar-refractivity contribution in [2.75, 3.05) is 20.2 Å². The smallest absolute Gasteiger partial charge is 0.322 e. The second kappa shape index (κ2) is 5.47. The van der Waals surface area contributed by atoms with Crippen molar-refractivity contribution in [2.45, 2.75) is 45.3 Å². The van der Waals surface area contributed by atoms with Gasteiger partial charge in [-0.3, -0.25) is 4.79 Å². The molecular formula is C11H22N2O2. The van der Waals surface area contributed by atoms with Crippen LogP contribution in [0.25, 0.3) is 0 Å². The molecule has 0 aromatic carbocycles. The third-order valence-electron chi connectivity index (χ3n) is 3.01. The Bertz CT molecular complexity index is 211. The van der Waals surface area contributed by atoms with Crippen LogP contribution in [0.15, 0.2) is 0 Å². The van der Waals surface area contributed by atoms with Gasteiger partial charge in [-0.15, -0.1) is 0 Å². The molecule has 1 aliphatic rings. The first-order valence-corrected chi connectivity index (χ1v) is 5.67. The first-order chi connectivity index (χ1) is 7.04. The van der Waals surface area contributed by atoms with Gasteiger partial charge < -0.3 is 15.0 Å². The molecule has 0 spiro atoms. The highest BCUT2D eigenvalue weighted by Crippen LogP contribution is 2.15. The standard InChI is InChI=1S/C11H22N2O2/c1-5-15-11(14)9(3)12-10-6-8(2)13(4)7-10/h8-10,12H,5-7H2,1-4H3. The summed E-state index contributed by atoms with van der Waals surface area (Å²) >= 11 is 0. The van der Waals surface area contributed by atoms with Crippen LogP contribution in [0.2, 0.25) is 0 Å². The molecule has 88 valence electrons. The SMILES string of the molecule is CCOC(=O)C(C)NC1CC(C)N(C)C1. The number of hydrogen-bond donors (Lipinski definition) is 1. The van der Waals surface area contributed by atoms with Gasteiger partial charge in [0.05, 0.1) is 6.61 Å². The lowest BCUT2D eigenvalue weighted by Gasteiger charge is -2.17. The lowest BCUT2D eigenvalue weighted by atomic mass is 10.1. The predicted octanol–water partition coefficient (Wildman–Crippen LogP) is 0.620. The molecule has 0 radical (unpaired) electrons. The summed E-state index contributed by atoms with van der Waals surface area (Å²) in [6, 6.07) is 0.801. The highest BCUT2D eigenvalue weighted by Gasteiger charge is 2.28. The van der Waals surface area contributed by atoms with Crippen molar-refractivity contribution in [1.82, 2.24) is 10.2 Å². The maximum Gasteiger partial charge on any atom is 0.322 e. The van der Waals surface area contributed by atoms with E-state index in [1.54, 1.807) is 0 Å². The second-order valence-electron chi connectivity index (χ2n) is 4.36. The van der Waals surface area contributed by atoms with Gasteiger partial charge in [0.1, 0.15) is 6.04 Å². The zero-order chi connectivity index (χ0) is 11.4. The minimum absolute atomic E-state index is 0.153. The highest BCUT2D eigenvalue weighted by atomic mass is 16.5. The van der Waals surface area contributed by atoms with Crippen LogP contribution < -0.4 is 5.32 Å². The molecule has 0 bridgehead atoms. The monoisotopic (exact) mass is 214 g/mol. The van der Waals surface area contributed by atoms with Crippen LogP contribution in [0.5, 0.6) is 0 Å². The van der Waals surface area contributed by atoms with Crippen LogP contribution in [0, 0.1) is 0 Å². The average Bonchev–Trinajstić information content (AvgIpc) is 2.46. The van der Waals surface area contributed by atoms with Gasteiger partial charge in [-0.2, -0.15) is 0 Å². The van der Waals surface area contributed by atoms with E-state index >= 15 is 0 Å². The summed E-state index contributed by atoms with van der Waals surface area (Å²) in [6.45, 7) is 7.35. The number of carbonyl (C=O) groups excluding carboxylic acids is 1. The van der Waals surface area contributed by atoms with E-state index in [2.05, 4.69) is 24.2 Å². The molecule has 4 nitrogen and oxygen atoms in total. The van der Waals surface area contributed by atoms with Crippen molar-refractivity contribution >= 4 is 5.97 Å². The quantitative estimate of drug-likeness (QED) is 0.697. The van der Waals surface area contributed by atoms with E-state index < -0.39 is 0 Å². The summed E-state index contributed by atoms with van der Waals surface area (Å²) in [4.78, 5) is 13.7.